The number of alkyl carbamates (subject to hydrolysis) is 1. The third-order valence-corrected chi connectivity index (χ3v) is 2.39. The maximum Gasteiger partial charge on any atom is 0.408 e. The first-order chi connectivity index (χ1) is 10.5. The van der Waals surface area contributed by atoms with Crippen molar-refractivity contribution in [1.29, 1.82) is 0 Å². The molecule has 4 amide bonds. The Balaban J connectivity index is 4.17. The molecule has 132 valence electrons. The Morgan fingerprint density at radius 2 is 1.78 bits per heavy atom. The van der Waals surface area contributed by atoms with Gasteiger partial charge in [-0.2, -0.15) is 0 Å². The van der Waals surface area contributed by atoms with Crippen LogP contribution in [0, 0.1) is 0 Å². The summed E-state index contributed by atoms with van der Waals surface area (Å²) in [6, 6.07) is -1.83. The van der Waals surface area contributed by atoms with Gasteiger partial charge in [-0.1, -0.05) is 0 Å². The highest BCUT2D eigenvalue weighted by molar-refractivity contribution is 5.86. The number of carbonyl (C=O) groups excluding carboxylic acids is 3. The van der Waals surface area contributed by atoms with Crippen molar-refractivity contribution >= 4 is 24.0 Å². The van der Waals surface area contributed by atoms with E-state index in [1.807, 2.05) is 0 Å². The van der Waals surface area contributed by atoms with Crippen molar-refractivity contribution in [2.45, 2.75) is 45.3 Å². The van der Waals surface area contributed by atoms with E-state index in [1.165, 1.54) is 0 Å². The fourth-order valence-electron chi connectivity index (χ4n) is 1.49. The molecule has 0 saturated heterocycles. The van der Waals surface area contributed by atoms with E-state index in [1.54, 1.807) is 20.8 Å². The third kappa shape index (κ3) is 11.8. The van der Waals surface area contributed by atoms with Crippen molar-refractivity contribution in [3.05, 3.63) is 0 Å². The fourth-order valence-corrected chi connectivity index (χ4v) is 1.49. The van der Waals surface area contributed by atoms with Gasteiger partial charge in [-0.15, -0.1) is 0 Å². The number of hydrogen-bond donors (Lipinski definition) is 5. The topological polar surface area (TPSA) is 160 Å². The minimum absolute atomic E-state index is 0.105. The highest BCUT2D eigenvalue weighted by Crippen LogP contribution is 2.06. The molecule has 0 aliphatic carbocycles. The normalized spacial score (nSPS) is 12.0. The molecular weight excluding hydrogens is 308 g/mol. The van der Waals surface area contributed by atoms with E-state index in [0.717, 1.165) is 0 Å². The van der Waals surface area contributed by atoms with Crippen LogP contribution >= 0.6 is 0 Å². The van der Waals surface area contributed by atoms with E-state index in [4.69, 9.17) is 15.6 Å². The van der Waals surface area contributed by atoms with Gasteiger partial charge >= 0.3 is 18.1 Å². The number of urea groups is 1. The summed E-state index contributed by atoms with van der Waals surface area (Å²) in [7, 11) is 0. The molecule has 0 heterocycles. The number of nitrogens with one attached hydrogen (secondary N) is 3. The summed E-state index contributed by atoms with van der Waals surface area (Å²) in [5, 5.41) is 15.8. The highest BCUT2D eigenvalue weighted by Gasteiger charge is 2.21. The van der Waals surface area contributed by atoms with Crippen molar-refractivity contribution in [2.24, 2.45) is 5.73 Å². The lowest BCUT2D eigenvalue weighted by Crippen LogP contribution is -2.46. The molecule has 1 unspecified atom stereocenters. The van der Waals surface area contributed by atoms with Gasteiger partial charge in [0, 0.05) is 6.54 Å². The maximum absolute atomic E-state index is 11.6. The van der Waals surface area contributed by atoms with Gasteiger partial charge in [0.2, 0.25) is 5.91 Å². The van der Waals surface area contributed by atoms with Crippen molar-refractivity contribution in [3.8, 4) is 0 Å². The second kappa shape index (κ2) is 9.49. The molecule has 0 bridgehead atoms. The Labute approximate surface area is 134 Å². The molecule has 0 saturated carbocycles. The second-order valence-electron chi connectivity index (χ2n) is 5.75. The predicted octanol–water partition coefficient (Wildman–Crippen LogP) is -0.471. The van der Waals surface area contributed by atoms with E-state index in [0.29, 0.717) is 6.42 Å². The number of hydrogen-bond acceptors (Lipinski definition) is 5. The molecule has 0 fully saturated rings. The average Bonchev–Trinajstić information content (AvgIpc) is 2.37. The number of rotatable bonds is 8. The number of carbonyl (C=O) groups is 4. The lowest BCUT2D eigenvalue weighted by molar-refractivity contribution is -0.141. The Bertz CT molecular complexity index is 446. The zero-order chi connectivity index (χ0) is 18.0. The summed E-state index contributed by atoms with van der Waals surface area (Å²) < 4.78 is 4.94. The Kier molecular flexibility index (Phi) is 8.45. The molecular formula is C13H24N4O6. The Hall–Kier alpha value is -2.52. The number of aliphatic carboxylic acids is 1. The number of carboxylic acids is 1. The van der Waals surface area contributed by atoms with Crippen LogP contribution in [0.3, 0.4) is 0 Å². The lowest BCUT2D eigenvalue weighted by Gasteiger charge is -2.20. The van der Waals surface area contributed by atoms with Gasteiger partial charge in [-0.3, -0.25) is 4.79 Å². The van der Waals surface area contributed by atoms with Gasteiger partial charge < -0.3 is 31.5 Å². The van der Waals surface area contributed by atoms with Crippen molar-refractivity contribution in [3.63, 3.8) is 0 Å². The quantitative estimate of drug-likeness (QED) is 0.378. The molecule has 10 heteroatoms. The SMILES string of the molecule is CC(C)(C)OC(=O)NCC(=O)NC(CCCNC(N)=O)C(=O)O. The van der Waals surface area contributed by atoms with E-state index < -0.39 is 42.2 Å². The zero-order valence-corrected chi connectivity index (χ0v) is 13.5. The first kappa shape index (κ1) is 20.5. The van der Waals surface area contributed by atoms with Crippen LogP contribution in [0.1, 0.15) is 33.6 Å². The number of amides is 4. The molecule has 10 nitrogen and oxygen atoms in total. The highest BCUT2D eigenvalue weighted by atomic mass is 16.6. The third-order valence-electron chi connectivity index (χ3n) is 2.39. The molecule has 23 heavy (non-hydrogen) atoms. The Morgan fingerprint density at radius 1 is 1.17 bits per heavy atom. The van der Waals surface area contributed by atoms with Crippen LogP contribution in [0.25, 0.3) is 0 Å². The van der Waals surface area contributed by atoms with Crippen LogP contribution in [0.15, 0.2) is 0 Å². The summed E-state index contributed by atoms with van der Waals surface area (Å²) in [6.45, 7) is 4.82. The number of primary amides is 1. The molecule has 0 rings (SSSR count). The number of ether oxygens (including phenoxy) is 1. The molecule has 1 atom stereocenters. The maximum atomic E-state index is 11.6. The molecule has 0 aromatic carbocycles. The van der Waals surface area contributed by atoms with E-state index in [2.05, 4.69) is 16.0 Å². The van der Waals surface area contributed by atoms with Crippen LogP contribution < -0.4 is 21.7 Å². The fraction of sp³-hybridized carbons (Fsp3) is 0.692. The summed E-state index contributed by atoms with van der Waals surface area (Å²) in [5.74, 6) is -1.87. The predicted molar refractivity (Wildman–Crippen MR) is 80.6 cm³/mol. The van der Waals surface area contributed by atoms with Crippen molar-refractivity contribution in [1.82, 2.24) is 16.0 Å². The molecule has 0 aliphatic heterocycles. The zero-order valence-electron chi connectivity index (χ0n) is 13.5. The minimum Gasteiger partial charge on any atom is -0.480 e. The van der Waals surface area contributed by atoms with Crippen LogP contribution in [0.4, 0.5) is 9.59 Å². The van der Waals surface area contributed by atoms with Crippen LogP contribution in [0.5, 0.6) is 0 Å². The van der Waals surface area contributed by atoms with Crippen molar-refractivity contribution in [2.75, 3.05) is 13.1 Å². The van der Waals surface area contributed by atoms with E-state index >= 15 is 0 Å². The molecule has 0 radical (unpaired) electrons. The van der Waals surface area contributed by atoms with E-state index in [-0.39, 0.29) is 13.0 Å². The number of carboxylic acid groups (broad SMARTS) is 1. The number of nitrogens with two attached hydrogens (primary N) is 1. The van der Waals surface area contributed by atoms with E-state index in [9.17, 15) is 19.2 Å². The summed E-state index contributed by atoms with van der Waals surface area (Å²) in [6.07, 6.45) is -0.349. The molecule has 0 aromatic rings. The van der Waals surface area contributed by atoms with Gasteiger partial charge in [0.25, 0.3) is 0 Å². The lowest BCUT2D eigenvalue weighted by atomic mass is 10.1. The second-order valence-corrected chi connectivity index (χ2v) is 5.75. The standard InChI is InChI=1S/C13H24N4O6/c1-13(2,3)23-12(22)16-7-9(18)17-8(10(19)20)5-4-6-15-11(14)21/h8H,4-7H2,1-3H3,(H,16,22)(H,17,18)(H,19,20)(H3,14,15,21). The van der Waals surface area contributed by atoms with Gasteiger partial charge in [-0.05, 0) is 33.6 Å². The van der Waals surface area contributed by atoms with Crippen LogP contribution in [-0.2, 0) is 14.3 Å². The Morgan fingerprint density at radius 3 is 2.26 bits per heavy atom. The molecule has 6 N–H and O–H groups in total. The van der Waals surface area contributed by atoms with Crippen LogP contribution in [-0.4, -0.2) is 53.8 Å². The summed E-state index contributed by atoms with van der Waals surface area (Å²) in [5.41, 5.74) is 4.18. The van der Waals surface area contributed by atoms with Gasteiger partial charge in [0.15, 0.2) is 0 Å². The van der Waals surface area contributed by atoms with Gasteiger partial charge in [0.05, 0.1) is 0 Å². The van der Waals surface area contributed by atoms with Gasteiger partial charge in [-0.25, -0.2) is 14.4 Å². The molecule has 0 aliphatic rings. The van der Waals surface area contributed by atoms with Crippen molar-refractivity contribution < 1.29 is 29.0 Å². The first-order valence-electron chi connectivity index (χ1n) is 7.03. The first-order valence-corrected chi connectivity index (χ1v) is 7.03. The smallest absolute Gasteiger partial charge is 0.408 e. The monoisotopic (exact) mass is 332 g/mol. The largest absolute Gasteiger partial charge is 0.480 e. The van der Waals surface area contributed by atoms with Gasteiger partial charge in [0.1, 0.15) is 18.2 Å². The minimum atomic E-state index is -1.21. The summed E-state index contributed by atoms with van der Waals surface area (Å²) >= 11 is 0. The summed E-state index contributed by atoms with van der Waals surface area (Å²) in [4.78, 5) is 44.5. The molecule has 0 spiro atoms. The van der Waals surface area contributed by atoms with Crippen LogP contribution in [0.2, 0.25) is 0 Å². The average molecular weight is 332 g/mol. The molecule has 0 aromatic heterocycles.